The van der Waals surface area contributed by atoms with E-state index in [2.05, 4.69) is 9.80 Å². The van der Waals surface area contributed by atoms with Crippen molar-refractivity contribution in [3.05, 3.63) is 0 Å². The van der Waals surface area contributed by atoms with Crippen LogP contribution < -0.4 is 0 Å². The van der Waals surface area contributed by atoms with Gasteiger partial charge in [0.25, 0.3) is 0 Å². The van der Waals surface area contributed by atoms with E-state index in [0.717, 1.165) is 30.8 Å². The topological polar surface area (TPSA) is 26.7 Å². The van der Waals surface area contributed by atoms with Gasteiger partial charge in [-0.3, -0.25) is 4.90 Å². The molecule has 1 aliphatic heterocycles. The highest BCUT2D eigenvalue weighted by molar-refractivity contribution is 4.96. The van der Waals surface area contributed by atoms with E-state index in [-0.39, 0.29) is 0 Å². The predicted molar refractivity (Wildman–Crippen MR) is 69.0 cm³/mol. The molecular formula is C14H26N2O. The van der Waals surface area contributed by atoms with Crippen molar-refractivity contribution >= 4 is 0 Å². The zero-order valence-electron chi connectivity index (χ0n) is 10.9. The van der Waals surface area contributed by atoms with Gasteiger partial charge in [0.2, 0.25) is 0 Å². The molecule has 1 heterocycles. The van der Waals surface area contributed by atoms with Crippen LogP contribution >= 0.6 is 0 Å². The Labute approximate surface area is 105 Å². The molecule has 0 amide bonds. The van der Waals surface area contributed by atoms with Gasteiger partial charge in [0.1, 0.15) is 0 Å². The third-order valence-electron chi connectivity index (χ3n) is 5.21. The molecule has 1 saturated heterocycles. The second-order valence-electron chi connectivity index (χ2n) is 6.20. The lowest BCUT2D eigenvalue weighted by Gasteiger charge is -2.41. The van der Waals surface area contributed by atoms with Crippen molar-refractivity contribution in [3.63, 3.8) is 0 Å². The third kappa shape index (κ3) is 2.51. The number of hydrogen-bond acceptors (Lipinski definition) is 3. The normalized spacial score (nSPS) is 39.0. The highest BCUT2D eigenvalue weighted by Gasteiger charge is 2.42. The van der Waals surface area contributed by atoms with Crippen LogP contribution in [0.3, 0.4) is 0 Å². The molecule has 3 aliphatic rings. The number of hydrogen-bond donors (Lipinski definition) is 1. The molecule has 2 aliphatic carbocycles. The summed E-state index contributed by atoms with van der Waals surface area (Å²) in [6, 6.07) is 0.925. The minimum absolute atomic E-state index is 0.340. The molecule has 98 valence electrons. The molecule has 0 aromatic heterocycles. The molecule has 2 bridgehead atoms. The van der Waals surface area contributed by atoms with E-state index < -0.39 is 0 Å². The Bertz CT molecular complexity index is 251. The minimum Gasteiger partial charge on any atom is -0.396 e. The van der Waals surface area contributed by atoms with Crippen LogP contribution in [0.4, 0.5) is 0 Å². The van der Waals surface area contributed by atoms with Crippen molar-refractivity contribution in [2.24, 2.45) is 11.8 Å². The van der Waals surface area contributed by atoms with Crippen LogP contribution in [0.2, 0.25) is 0 Å². The fourth-order valence-corrected chi connectivity index (χ4v) is 4.27. The smallest absolute Gasteiger partial charge is 0.0443 e. The average molecular weight is 238 g/mol. The zero-order valence-corrected chi connectivity index (χ0v) is 10.9. The van der Waals surface area contributed by atoms with E-state index in [4.69, 9.17) is 5.11 Å². The van der Waals surface area contributed by atoms with Crippen LogP contribution in [0.5, 0.6) is 0 Å². The van der Waals surface area contributed by atoms with Crippen LogP contribution in [-0.4, -0.2) is 60.3 Å². The number of aliphatic hydroxyl groups is 1. The summed E-state index contributed by atoms with van der Waals surface area (Å²) in [6.07, 6.45) is 6.96. The van der Waals surface area contributed by atoms with Crippen LogP contribution in [0.15, 0.2) is 0 Å². The first kappa shape index (κ1) is 11.9. The van der Waals surface area contributed by atoms with Crippen molar-refractivity contribution in [1.29, 1.82) is 0 Å². The van der Waals surface area contributed by atoms with Crippen LogP contribution in [0, 0.1) is 11.8 Å². The lowest BCUT2D eigenvalue weighted by Crippen LogP contribution is -2.51. The molecule has 3 heteroatoms. The second-order valence-corrected chi connectivity index (χ2v) is 6.20. The first-order valence-electron chi connectivity index (χ1n) is 7.44. The zero-order chi connectivity index (χ0) is 11.7. The number of nitrogens with zero attached hydrogens (tertiary/aromatic N) is 2. The van der Waals surface area contributed by atoms with Gasteiger partial charge < -0.3 is 10.0 Å². The Morgan fingerprint density at radius 1 is 1.00 bits per heavy atom. The van der Waals surface area contributed by atoms with Gasteiger partial charge in [-0.2, -0.15) is 0 Å². The highest BCUT2D eigenvalue weighted by Crippen LogP contribution is 2.46. The van der Waals surface area contributed by atoms with Crippen LogP contribution in [-0.2, 0) is 0 Å². The maximum Gasteiger partial charge on any atom is 0.0443 e. The molecule has 17 heavy (non-hydrogen) atoms. The van der Waals surface area contributed by atoms with Gasteiger partial charge in [-0.1, -0.05) is 6.42 Å². The molecule has 0 unspecified atom stereocenters. The Kier molecular flexibility index (Phi) is 3.69. The largest absolute Gasteiger partial charge is 0.396 e. The van der Waals surface area contributed by atoms with Gasteiger partial charge in [-0.25, -0.2) is 0 Å². The molecule has 2 saturated carbocycles. The quantitative estimate of drug-likeness (QED) is 0.796. The van der Waals surface area contributed by atoms with E-state index in [1.807, 2.05) is 0 Å². The van der Waals surface area contributed by atoms with Gasteiger partial charge in [0.05, 0.1) is 0 Å². The van der Waals surface area contributed by atoms with E-state index in [1.54, 1.807) is 0 Å². The lowest BCUT2D eigenvalue weighted by atomic mass is 9.93. The monoisotopic (exact) mass is 238 g/mol. The maximum absolute atomic E-state index is 8.86. The molecule has 3 rings (SSSR count). The molecule has 3 fully saturated rings. The van der Waals surface area contributed by atoms with E-state index in [1.165, 1.54) is 51.9 Å². The van der Waals surface area contributed by atoms with E-state index in [0.29, 0.717) is 6.61 Å². The molecule has 3 nitrogen and oxygen atoms in total. The van der Waals surface area contributed by atoms with Crippen LogP contribution in [0.25, 0.3) is 0 Å². The standard InChI is InChI=1S/C14H26N2O/c17-9-1-4-15-5-7-16(8-6-15)14-11-12-2-3-13(14)10-12/h12-14,17H,1-11H2/t12-,13+,14-/m0/s1. The molecule has 0 aromatic carbocycles. The second kappa shape index (κ2) is 5.25. The minimum atomic E-state index is 0.340. The lowest BCUT2D eigenvalue weighted by molar-refractivity contribution is 0.0683. The molecular weight excluding hydrogens is 212 g/mol. The number of fused-ring (bicyclic) bond motifs is 2. The van der Waals surface area contributed by atoms with Gasteiger partial charge >= 0.3 is 0 Å². The van der Waals surface area contributed by atoms with Crippen LogP contribution in [0.1, 0.15) is 32.1 Å². The van der Waals surface area contributed by atoms with Gasteiger partial charge in [0, 0.05) is 45.4 Å². The molecule has 1 N–H and O–H groups in total. The summed E-state index contributed by atoms with van der Waals surface area (Å²) in [4.78, 5) is 5.28. The summed E-state index contributed by atoms with van der Waals surface area (Å²) in [7, 11) is 0. The van der Waals surface area contributed by atoms with E-state index >= 15 is 0 Å². The Balaban J connectivity index is 1.45. The first-order valence-corrected chi connectivity index (χ1v) is 7.44. The summed E-state index contributed by atoms with van der Waals surface area (Å²) in [5.74, 6) is 2.10. The summed E-state index contributed by atoms with van der Waals surface area (Å²) >= 11 is 0. The van der Waals surface area contributed by atoms with Crippen molar-refractivity contribution < 1.29 is 5.11 Å². The molecule has 0 radical (unpaired) electrons. The first-order chi connectivity index (χ1) is 8.36. The van der Waals surface area contributed by atoms with Crippen molar-refractivity contribution in [3.8, 4) is 0 Å². The van der Waals surface area contributed by atoms with Crippen molar-refractivity contribution in [2.45, 2.75) is 38.1 Å². The molecule has 0 spiro atoms. The Morgan fingerprint density at radius 3 is 2.41 bits per heavy atom. The Hall–Kier alpha value is -0.120. The summed E-state index contributed by atoms with van der Waals surface area (Å²) in [5.41, 5.74) is 0. The number of rotatable bonds is 4. The summed E-state index contributed by atoms with van der Waals surface area (Å²) in [6.45, 7) is 6.38. The van der Waals surface area contributed by atoms with Gasteiger partial charge in [0.15, 0.2) is 0 Å². The summed E-state index contributed by atoms with van der Waals surface area (Å²) < 4.78 is 0. The molecule has 3 atom stereocenters. The summed E-state index contributed by atoms with van der Waals surface area (Å²) in [5, 5.41) is 8.86. The molecule has 0 aromatic rings. The number of piperazine rings is 1. The fraction of sp³-hybridized carbons (Fsp3) is 1.00. The van der Waals surface area contributed by atoms with E-state index in [9.17, 15) is 0 Å². The van der Waals surface area contributed by atoms with Crippen molar-refractivity contribution in [2.75, 3.05) is 39.3 Å². The SMILES string of the molecule is OCCCN1CCN([C@H]2C[C@H]3CC[C@@H]2C3)CC1. The average Bonchev–Trinajstić information content (AvgIpc) is 2.99. The fourth-order valence-electron chi connectivity index (χ4n) is 4.27. The van der Waals surface area contributed by atoms with Crippen molar-refractivity contribution in [1.82, 2.24) is 9.80 Å². The van der Waals surface area contributed by atoms with Gasteiger partial charge in [-0.05, 0) is 37.5 Å². The Morgan fingerprint density at radius 2 is 1.82 bits per heavy atom. The van der Waals surface area contributed by atoms with Gasteiger partial charge in [-0.15, -0.1) is 0 Å². The third-order valence-corrected chi connectivity index (χ3v) is 5.21. The maximum atomic E-state index is 8.86. The number of aliphatic hydroxyl groups excluding tert-OH is 1. The predicted octanol–water partition coefficient (Wildman–Crippen LogP) is 1.17. The highest BCUT2D eigenvalue weighted by atomic mass is 16.3.